The summed E-state index contributed by atoms with van der Waals surface area (Å²) in [7, 11) is 0. The van der Waals surface area contributed by atoms with Gasteiger partial charge in [-0.1, -0.05) is 0 Å². The average molecular weight is 189 g/mol. The van der Waals surface area contributed by atoms with Crippen molar-refractivity contribution >= 4 is 0 Å². The average Bonchev–Trinajstić information content (AvgIpc) is 2.85. The minimum atomic E-state index is 0.848. The second-order valence-corrected chi connectivity index (χ2v) is 3.37. The zero-order chi connectivity index (χ0) is 9.38. The largest absolute Gasteiger partial charge is 0.463 e. The number of hydrogen-bond donors (Lipinski definition) is 1. The van der Waals surface area contributed by atoms with E-state index in [9.17, 15) is 0 Å². The van der Waals surface area contributed by atoms with Crippen molar-refractivity contribution in [3.63, 3.8) is 0 Å². The summed E-state index contributed by atoms with van der Waals surface area (Å²) in [4.78, 5) is 4.35. The fraction of sp³-hybridized carbons (Fsp3) is 0.300. The van der Waals surface area contributed by atoms with Gasteiger partial charge in [-0.05, 0) is 12.1 Å². The van der Waals surface area contributed by atoms with Crippen LogP contribution in [-0.4, -0.2) is 16.1 Å². The van der Waals surface area contributed by atoms with E-state index in [0.29, 0.717) is 0 Å². The Morgan fingerprint density at radius 1 is 1.50 bits per heavy atom. The molecule has 72 valence electrons. The lowest BCUT2D eigenvalue weighted by Crippen LogP contribution is -2.28. The molecule has 1 N–H and O–H groups in total. The van der Waals surface area contributed by atoms with Crippen LogP contribution in [0.15, 0.2) is 29.0 Å². The first-order chi connectivity index (χ1) is 6.95. The molecule has 0 saturated carbocycles. The van der Waals surface area contributed by atoms with Crippen LogP contribution in [0.25, 0.3) is 11.5 Å². The molecule has 1 aliphatic heterocycles. The molecular weight excluding hydrogens is 178 g/mol. The van der Waals surface area contributed by atoms with Crippen LogP contribution in [0.3, 0.4) is 0 Å². The second kappa shape index (κ2) is 2.99. The maximum Gasteiger partial charge on any atom is 0.151 e. The topological polar surface area (TPSA) is 43.0 Å². The third-order valence-corrected chi connectivity index (χ3v) is 2.51. The predicted octanol–water partition coefficient (Wildman–Crippen LogP) is 1.25. The van der Waals surface area contributed by atoms with Crippen molar-refractivity contribution in [1.82, 2.24) is 14.9 Å². The number of nitrogens with zero attached hydrogens (tertiary/aromatic N) is 2. The number of hydrogen-bond acceptors (Lipinski definition) is 3. The van der Waals surface area contributed by atoms with Gasteiger partial charge in [-0.15, -0.1) is 0 Å². The smallest absolute Gasteiger partial charge is 0.151 e. The number of nitrogens with one attached hydrogen (secondary N) is 1. The van der Waals surface area contributed by atoms with Gasteiger partial charge < -0.3 is 14.3 Å². The minimum absolute atomic E-state index is 0.848. The maximum absolute atomic E-state index is 5.36. The summed E-state index contributed by atoms with van der Waals surface area (Å²) >= 11 is 0. The second-order valence-electron chi connectivity index (χ2n) is 3.37. The lowest BCUT2D eigenvalue weighted by Gasteiger charge is -2.16. The standard InChI is InChI=1S/C10H11N3O/c1-2-9(14-5-1)8-6-12-10-7-11-3-4-13(8)10/h1-2,5-6,11H,3-4,7H2. The SMILES string of the molecule is c1coc(-c2cnc3n2CCNC3)c1. The first-order valence-corrected chi connectivity index (χ1v) is 4.74. The number of fused-ring (bicyclic) bond motifs is 1. The van der Waals surface area contributed by atoms with Crippen LogP contribution in [0.1, 0.15) is 5.82 Å². The summed E-state index contributed by atoms with van der Waals surface area (Å²) in [6.07, 6.45) is 3.57. The molecule has 14 heavy (non-hydrogen) atoms. The molecule has 0 bridgehead atoms. The third-order valence-electron chi connectivity index (χ3n) is 2.51. The van der Waals surface area contributed by atoms with E-state index in [1.807, 2.05) is 18.3 Å². The highest BCUT2D eigenvalue weighted by molar-refractivity contribution is 5.52. The summed E-state index contributed by atoms with van der Waals surface area (Å²) in [5.41, 5.74) is 1.08. The molecular formula is C10H11N3O. The minimum Gasteiger partial charge on any atom is -0.463 e. The summed E-state index contributed by atoms with van der Waals surface area (Å²) in [5.74, 6) is 1.98. The maximum atomic E-state index is 5.36. The van der Waals surface area contributed by atoms with Crippen LogP contribution >= 0.6 is 0 Å². The molecule has 3 heterocycles. The Labute approximate surface area is 81.6 Å². The lowest BCUT2D eigenvalue weighted by atomic mass is 10.3. The van der Waals surface area contributed by atoms with E-state index in [4.69, 9.17) is 4.42 Å². The summed E-state index contributed by atoms with van der Waals surface area (Å²) in [6, 6.07) is 3.86. The van der Waals surface area contributed by atoms with E-state index in [1.165, 1.54) is 0 Å². The Morgan fingerprint density at radius 2 is 2.50 bits per heavy atom. The first kappa shape index (κ1) is 7.82. The van der Waals surface area contributed by atoms with Crippen LogP contribution in [0, 0.1) is 0 Å². The molecule has 4 heteroatoms. The Kier molecular flexibility index (Phi) is 1.67. The van der Waals surface area contributed by atoms with E-state index in [-0.39, 0.29) is 0 Å². The Morgan fingerprint density at radius 3 is 3.36 bits per heavy atom. The number of rotatable bonds is 1. The fourth-order valence-corrected chi connectivity index (χ4v) is 1.82. The molecule has 4 nitrogen and oxygen atoms in total. The van der Waals surface area contributed by atoms with Gasteiger partial charge in [0.05, 0.1) is 19.0 Å². The molecule has 0 amide bonds. The van der Waals surface area contributed by atoms with Crippen molar-refractivity contribution in [1.29, 1.82) is 0 Å². The van der Waals surface area contributed by atoms with Crippen molar-refractivity contribution in [3.8, 4) is 11.5 Å². The summed E-state index contributed by atoms with van der Waals surface area (Å²) in [5, 5.41) is 3.29. The summed E-state index contributed by atoms with van der Waals surface area (Å²) in [6.45, 7) is 2.81. The fourth-order valence-electron chi connectivity index (χ4n) is 1.82. The Bertz CT molecular complexity index is 430. The van der Waals surface area contributed by atoms with Crippen molar-refractivity contribution in [2.75, 3.05) is 6.54 Å². The van der Waals surface area contributed by atoms with Crippen molar-refractivity contribution < 1.29 is 4.42 Å². The van der Waals surface area contributed by atoms with Crippen LogP contribution < -0.4 is 5.32 Å². The van der Waals surface area contributed by atoms with Gasteiger partial charge >= 0.3 is 0 Å². The molecule has 0 unspecified atom stereocenters. The van der Waals surface area contributed by atoms with Gasteiger partial charge in [0.25, 0.3) is 0 Å². The summed E-state index contributed by atoms with van der Waals surface area (Å²) < 4.78 is 7.57. The molecule has 2 aromatic heterocycles. The van der Waals surface area contributed by atoms with Gasteiger partial charge in [0.1, 0.15) is 11.5 Å². The lowest BCUT2D eigenvalue weighted by molar-refractivity contribution is 0.500. The normalized spacial score (nSPS) is 15.4. The molecule has 0 radical (unpaired) electrons. The van der Waals surface area contributed by atoms with Crippen molar-refractivity contribution in [3.05, 3.63) is 30.4 Å². The van der Waals surface area contributed by atoms with Crippen LogP contribution in [0.5, 0.6) is 0 Å². The van der Waals surface area contributed by atoms with Crippen LogP contribution in [0.4, 0.5) is 0 Å². The third kappa shape index (κ3) is 1.08. The quantitative estimate of drug-likeness (QED) is 0.734. The van der Waals surface area contributed by atoms with Gasteiger partial charge in [-0.3, -0.25) is 0 Å². The van der Waals surface area contributed by atoms with E-state index >= 15 is 0 Å². The number of furan rings is 1. The van der Waals surface area contributed by atoms with E-state index in [2.05, 4.69) is 14.9 Å². The molecule has 0 spiro atoms. The van der Waals surface area contributed by atoms with E-state index in [1.54, 1.807) is 6.26 Å². The monoisotopic (exact) mass is 189 g/mol. The first-order valence-electron chi connectivity index (χ1n) is 4.74. The van der Waals surface area contributed by atoms with Gasteiger partial charge in [0.15, 0.2) is 5.76 Å². The highest BCUT2D eigenvalue weighted by Crippen LogP contribution is 2.22. The van der Waals surface area contributed by atoms with E-state index in [0.717, 1.165) is 36.9 Å². The molecule has 0 atom stereocenters. The van der Waals surface area contributed by atoms with Gasteiger partial charge in [0.2, 0.25) is 0 Å². The number of aromatic nitrogens is 2. The Balaban J connectivity index is 2.11. The van der Waals surface area contributed by atoms with Crippen molar-refractivity contribution in [2.24, 2.45) is 0 Å². The number of imidazole rings is 1. The molecule has 1 aliphatic rings. The molecule has 0 saturated heterocycles. The molecule has 3 rings (SSSR count). The van der Waals surface area contributed by atoms with Crippen LogP contribution in [0.2, 0.25) is 0 Å². The molecule has 0 fully saturated rings. The zero-order valence-corrected chi connectivity index (χ0v) is 7.73. The molecule has 0 aliphatic carbocycles. The molecule has 2 aromatic rings. The highest BCUT2D eigenvalue weighted by Gasteiger charge is 2.15. The van der Waals surface area contributed by atoms with Gasteiger partial charge in [-0.25, -0.2) is 4.98 Å². The van der Waals surface area contributed by atoms with Crippen molar-refractivity contribution in [2.45, 2.75) is 13.1 Å². The zero-order valence-electron chi connectivity index (χ0n) is 7.73. The molecule has 0 aromatic carbocycles. The Hall–Kier alpha value is -1.55. The van der Waals surface area contributed by atoms with Crippen LogP contribution in [-0.2, 0) is 13.1 Å². The van der Waals surface area contributed by atoms with Gasteiger partial charge in [0, 0.05) is 13.1 Å². The highest BCUT2D eigenvalue weighted by atomic mass is 16.3. The van der Waals surface area contributed by atoms with E-state index < -0.39 is 0 Å². The predicted molar refractivity (Wildman–Crippen MR) is 51.6 cm³/mol. The van der Waals surface area contributed by atoms with Gasteiger partial charge in [-0.2, -0.15) is 0 Å².